The Morgan fingerprint density at radius 3 is 2.15 bits per heavy atom. The number of hydrogen-bond donors (Lipinski definition) is 2. The fraction of sp³-hybridized carbons (Fsp3) is 0.556. The normalized spacial score (nSPS) is 19.2. The number of benzene rings is 1. The Labute approximate surface area is 154 Å². The molecule has 1 aromatic rings. The zero-order valence-electron chi connectivity index (χ0n) is 15.9. The van der Waals surface area contributed by atoms with E-state index in [-0.39, 0.29) is 13.0 Å². The highest BCUT2D eigenvalue weighted by Crippen LogP contribution is 2.36. The molecule has 2 rings (SSSR count). The molecule has 1 saturated heterocycles. The number of carbonyl (C=O) groups excluding carboxylic acids is 1. The molecule has 1 atom stereocenters. The van der Waals surface area contributed by atoms with Gasteiger partial charge in [-0.3, -0.25) is 4.79 Å². The zero-order chi connectivity index (χ0) is 19.5. The summed E-state index contributed by atoms with van der Waals surface area (Å²) in [6.45, 7) is 7.77. The second-order valence-corrected chi connectivity index (χ2v) is 7.43. The summed E-state index contributed by atoms with van der Waals surface area (Å²) in [5.74, 6) is -1.56. The maximum absolute atomic E-state index is 11.6. The summed E-state index contributed by atoms with van der Waals surface area (Å²) >= 11 is 0. The minimum atomic E-state index is -1.09. The van der Waals surface area contributed by atoms with Gasteiger partial charge in [0.1, 0.15) is 12.6 Å². The van der Waals surface area contributed by atoms with Gasteiger partial charge >= 0.3 is 13.1 Å². The molecule has 1 aliphatic rings. The van der Waals surface area contributed by atoms with Crippen molar-refractivity contribution in [3.8, 4) is 0 Å². The van der Waals surface area contributed by atoms with Gasteiger partial charge in [-0.25, -0.2) is 4.79 Å². The topological polar surface area (TPSA) is 94.1 Å². The van der Waals surface area contributed by atoms with Crippen molar-refractivity contribution < 1.29 is 28.7 Å². The molecule has 142 valence electrons. The molecule has 1 amide bonds. The molecule has 7 nitrogen and oxygen atoms in total. The van der Waals surface area contributed by atoms with E-state index in [1.807, 2.05) is 52.0 Å². The fourth-order valence-corrected chi connectivity index (χ4v) is 2.59. The number of carbonyl (C=O) groups is 2. The average Bonchev–Trinajstić information content (AvgIpc) is 2.75. The second kappa shape index (κ2) is 7.78. The van der Waals surface area contributed by atoms with Crippen LogP contribution in [0.3, 0.4) is 0 Å². The van der Waals surface area contributed by atoms with Gasteiger partial charge in [-0.05, 0) is 38.7 Å². The molecule has 8 heteroatoms. The number of rotatable bonds is 7. The predicted molar refractivity (Wildman–Crippen MR) is 97.3 cm³/mol. The third kappa shape index (κ3) is 4.63. The van der Waals surface area contributed by atoms with Crippen LogP contribution in [0.2, 0.25) is 0 Å². The Hall–Kier alpha value is -1.90. The summed E-state index contributed by atoms with van der Waals surface area (Å²) in [6, 6.07) is 6.33. The van der Waals surface area contributed by atoms with Crippen molar-refractivity contribution in [3.63, 3.8) is 0 Å². The molecule has 0 spiro atoms. The van der Waals surface area contributed by atoms with E-state index in [1.54, 1.807) is 0 Å². The molecule has 0 unspecified atom stereocenters. The fourth-order valence-electron chi connectivity index (χ4n) is 2.59. The van der Waals surface area contributed by atoms with Crippen LogP contribution in [0.4, 0.5) is 0 Å². The van der Waals surface area contributed by atoms with Gasteiger partial charge in [-0.1, -0.05) is 24.3 Å². The zero-order valence-corrected chi connectivity index (χ0v) is 15.9. The number of aliphatic carboxylic acids is 1. The molecular weight excluding hydrogens is 337 g/mol. The van der Waals surface area contributed by atoms with Crippen molar-refractivity contribution in [1.82, 2.24) is 5.32 Å². The molecule has 0 bridgehead atoms. The highest BCUT2D eigenvalue weighted by atomic mass is 16.7. The number of carboxylic acids is 1. The Balaban J connectivity index is 2.05. The molecule has 1 aromatic carbocycles. The Morgan fingerprint density at radius 1 is 1.15 bits per heavy atom. The average molecular weight is 363 g/mol. The molecular formula is C18H26BNO6. The Kier molecular flexibility index (Phi) is 6.11. The lowest BCUT2D eigenvalue weighted by atomic mass is 9.78. The van der Waals surface area contributed by atoms with Crippen LogP contribution >= 0.6 is 0 Å². The SMILES string of the molecule is COCC(=O)N[C@H](Cc1ccc(B2OC(C)(C)C(C)(C)O2)cc1)C(=O)O. The maximum Gasteiger partial charge on any atom is 0.494 e. The van der Waals surface area contributed by atoms with E-state index < -0.39 is 36.2 Å². The molecule has 1 heterocycles. The molecule has 2 N–H and O–H groups in total. The van der Waals surface area contributed by atoms with Gasteiger partial charge < -0.3 is 24.5 Å². The van der Waals surface area contributed by atoms with Crippen LogP contribution < -0.4 is 10.8 Å². The predicted octanol–water partition coefficient (Wildman–Crippen LogP) is 0.744. The maximum atomic E-state index is 11.6. The molecule has 26 heavy (non-hydrogen) atoms. The summed E-state index contributed by atoms with van der Waals surface area (Å²) < 4.78 is 16.7. The molecule has 0 radical (unpaired) electrons. The van der Waals surface area contributed by atoms with E-state index in [4.69, 9.17) is 14.0 Å². The first kappa shape index (κ1) is 20.4. The third-order valence-corrected chi connectivity index (χ3v) is 4.85. The minimum Gasteiger partial charge on any atom is -0.480 e. The Morgan fingerprint density at radius 2 is 1.69 bits per heavy atom. The molecule has 1 fully saturated rings. The monoisotopic (exact) mass is 363 g/mol. The van der Waals surface area contributed by atoms with Crippen molar-refractivity contribution >= 4 is 24.5 Å². The summed E-state index contributed by atoms with van der Waals surface area (Å²) in [6.07, 6.45) is 0.175. The van der Waals surface area contributed by atoms with Crippen LogP contribution in [0.25, 0.3) is 0 Å². The summed E-state index contributed by atoms with van der Waals surface area (Å²) in [4.78, 5) is 22.9. The number of hydrogen-bond acceptors (Lipinski definition) is 5. The standard InChI is InChI=1S/C18H26BNO6/c1-17(2)18(3,4)26-19(25-17)13-8-6-12(7-9-13)10-14(16(22)23)20-15(21)11-24-5/h6-9,14H,10-11H2,1-5H3,(H,20,21)(H,22,23)/t14-/m1/s1. The molecule has 0 saturated carbocycles. The number of methoxy groups -OCH3 is 1. The second-order valence-electron chi connectivity index (χ2n) is 7.43. The highest BCUT2D eigenvalue weighted by Gasteiger charge is 2.51. The van der Waals surface area contributed by atoms with Crippen molar-refractivity contribution in [2.45, 2.75) is 51.4 Å². The summed E-state index contributed by atoms with van der Waals surface area (Å²) in [7, 11) is 0.912. The highest BCUT2D eigenvalue weighted by molar-refractivity contribution is 6.62. The quantitative estimate of drug-likeness (QED) is 0.695. The number of amides is 1. The number of carboxylic acid groups (broad SMARTS) is 1. The molecule has 0 aliphatic carbocycles. The van der Waals surface area contributed by atoms with Crippen molar-refractivity contribution in [2.75, 3.05) is 13.7 Å². The van der Waals surface area contributed by atoms with E-state index in [0.29, 0.717) is 0 Å². The van der Waals surface area contributed by atoms with Gasteiger partial charge in [0.05, 0.1) is 11.2 Å². The minimum absolute atomic E-state index is 0.175. The molecule has 1 aliphatic heterocycles. The lowest BCUT2D eigenvalue weighted by molar-refractivity contribution is -0.142. The van der Waals surface area contributed by atoms with E-state index in [0.717, 1.165) is 11.0 Å². The van der Waals surface area contributed by atoms with Crippen LogP contribution in [0.5, 0.6) is 0 Å². The summed E-state index contributed by atoms with van der Waals surface area (Å²) in [5, 5.41) is 11.7. The van der Waals surface area contributed by atoms with E-state index in [2.05, 4.69) is 5.32 Å². The van der Waals surface area contributed by atoms with Gasteiger partial charge in [-0.2, -0.15) is 0 Å². The van der Waals surface area contributed by atoms with Crippen LogP contribution in [0.15, 0.2) is 24.3 Å². The number of nitrogens with one attached hydrogen (secondary N) is 1. The van der Waals surface area contributed by atoms with E-state index in [1.165, 1.54) is 7.11 Å². The van der Waals surface area contributed by atoms with Gasteiger partial charge in [0.25, 0.3) is 0 Å². The van der Waals surface area contributed by atoms with Gasteiger partial charge in [-0.15, -0.1) is 0 Å². The van der Waals surface area contributed by atoms with E-state index in [9.17, 15) is 14.7 Å². The van der Waals surface area contributed by atoms with Crippen LogP contribution in [0.1, 0.15) is 33.3 Å². The Bertz CT molecular complexity index is 642. The van der Waals surface area contributed by atoms with E-state index >= 15 is 0 Å². The van der Waals surface area contributed by atoms with Crippen LogP contribution in [-0.2, 0) is 30.1 Å². The third-order valence-electron chi connectivity index (χ3n) is 4.85. The smallest absolute Gasteiger partial charge is 0.480 e. The number of ether oxygens (including phenoxy) is 1. The van der Waals surface area contributed by atoms with Crippen LogP contribution in [-0.4, -0.2) is 55.1 Å². The van der Waals surface area contributed by atoms with Crippen molar-refractivity contribution in [1.29, 1.82) is 0 Å². The largest absolute Gasteiger partial charge is 0.494 e. The first-order chi connectivity index (χ1) is 12.1. The van der Waals surface area contributed by atoms with Gasteiger partial charge in [0.2, 0.25) is 5.91 Å². The molecule has 0 aromatic heterocycles. The van der Waals surface area contributed by atoms with Crippen molar-refractivity contribution in [3.05, 3.63) is 29.8 Å². The first-order valence-corrected chi connectivity index (χ1v) is 8.51. The van der Waals surface area contributed by atoms with Crippen molar-refractivity contribution in [2.24, 2.45) is 0 Å². The summed E-state index contributed by atoms with van der Waals surface area (Å²) in [5.41, 5.74) is 0.810. The first-order valence-electron chi connectivity index (χ1n) is 8.51. The lowest BCUT2D eigenvalue weighted by Gasteiger charge is -2.32. The lowest BCUT2D eigenvalue weighted by Crippen LogP contribution is -2.43. The van der Waals surface area contributed by atoms with Gasteiger partial charge in [0.15, 0.2) is 0 Å². The van der Waals surface area contributed by atoms with Gasteiger partial charge in [0, 0.05) is 13.5 Å². The van der Waals surface area contributed by atoms with Crippen LogP contribution in [0, 0.1) is 0 Å².